The van der Waals surface area contributed by atoms with E-state index in [4.69, 9.17) is 10.5 Å². The van der Waals surface area contributed by atoms with Gasteiger partial charge in [-0.2, -0.15) is 26.3 Å². The lowest BCUT2D eigenvalue weighted by Gasteiger charge is -2.26. The quantitative estimate of drug-likeness (QED) is 0.216. The molecule has 200 valence electrons. The van der Waals surface area contributed by atoms with Gasteiger partial charge in [0.15, 0.2) is 0 Å². The number of carbonyl (C=O) groups is 3. The van der Waals surface area contributed by atoms with Crippen LogP contribution in [0.25, 0.3) is 0 Å². The van der Waals surface area contributed by atoms with E-state index in [1.54, 1.807) is 0 Å². The normalized spacial score (nSPS) is 13.4. The van der Waals surface area contributed by atoms with Crippen LogP contribution in [0.3, 0.4) is 0 Å². The number of nitrogens with zero attached hydrogens (tertiary/aromatic N) is 1. The molecule has 0 saturated heterocycles. The predicted octanol–water partition coefficient (Wildman–Crippen LogP) is 3.95. The van der Waals surface area contributed by atoms with Crippen molar-refractivity contribution in [2.75, 3.05) is 6.61 Å². The number of nitrogens with one attached hydrogen (secondary N) is 1. The van der Waals surface area contributed by atoms with Crippen molar-refractivity contribution >= 4 is 23.5 Å². The Bertz CT molecular complexity index is 1150. The Morgan fingerprint density at radius 2 is 1.51 bits per heavy atom. The summed E-state index contributed by atoms with van der Waals surface area (Å²) >= 11 is 0. The van der Waals surface area contributed by atoms with Crippen molar-refractivity contribution in [3.63, 3.8) is 0 Å². The predicted molar refractivity (Wildman–Crippen MR) is 114 cm³/mol. The van der Waals surface area contributed by atoms with Crippen LogP contribution < -0.4 is 11.1 Å². The summed E-state index contributed by atoms with van der Waals surface area (Å²) in [5.41, 5.74) is 0.464. The second-order valence-corrected chi connectivity index (χ2v) is 7.61. The van der Waals surface area contributed by atoms with Gasteiger partial charge in [0.05, 0.1) is 29.1 Å². The molecular formula is C22H19F6N3O6. The molecule has 2 rings (SSSR count). The molecule has 0 fully saturated rings. The highest BCUT2D eigenvalue weighted by molar-refractivity contribution is 5.98. The molecule has 2 amide bonds. The summed E-state index contributed by atoms with van der Waals surface area (Å²) in [4.78, 5) is 47.3. The summed E-state index contributed by atoms with van der Waals surface area (Å²) in [6.07, 6.45) is -11.1. The summed E-state index contributed by atoms with van der Waals surface area (Å²) in [5, 5.41) is 12.9. The van der Waals surface area contributed by atoms with Crippen molar-refractivity contribution in [1.82, 2.24) is 5.32 Å². The smallest absolute Gasteiger partial charge is 0.416 e. The Morgan fingerprint density at radius 3 is 1.92 bits per heavy atom. The molecule has 9 nitrogen and oxygen atoms in total. The van der Waals surface area contributed by atoms with Gasteiger partial charge in [-0.05, 0) is 30.7 Å². The maximum atomic E-state index is 13.2. The zero-order chi connectivity index (χ0) is 28.1. The molecule has 0 radical (unpaired) electrons. The zero-order valence-corrected chi connectivity index (χ0v) is 18.9. The number of alkyl halides is 6. The fourth-order valence-electron chi connectivity index (χ4n) is 3.35. The van der Waals surface area contributed by atoms with Gasteiger partial charge in [-0.15, -0.1) is 0 Å². The van der Waals surface area contributed by atoms with Crippen LogP contribution in [0.1, 0.15) is 46.3 Å². The minimum atomic E-state index is -5.23. The van der Waals surface area contributed by atoms with Crippen molar-refractivity contribution in [2.45, 2.75) is 37.7 Å². The highest BCUT2D eigenvalue weighted by atomic mass is 19.4. The molecule has 37 heavy (non-hydrogen) atoms. The largest absolute Gasteiger partial charge is 0.466 e. The molecule has 0 bridgehead atoms. The van der Waals surface area contributed by atoms with Gasteiger partial charge < -0.3 is 15.8 Å². The number of non-ortho nitro benzene ring substituents is 1. The minimum Gasteiger partial charge on any atom is -0.466 e. The Morgan fingerprint density at radius 1 is 1.00 bits per heavy atom. The highest BCUT2D eigenvalue weighted by Gasteiger charge is 2.38. The van der Waals surface area contributed by atoms with E-state index in [1.807, 2.05) is 5.32 Å². The molecule has 0 aliphatic rings. The van der Waals surface area contributed by atoms with Crippen LogP contribution >= 0.6 is 0 Å². The molecule has 0 unspecified atom stereocenters. The average Bonchev–Trinajstić information content (AvgIpc) is 2.79. The molecule has 3 N–H and O–H groups in total. The van der Waals surface area contributed by atoms with Crippen LogP contribution in [0.15, 0.2) is 42.5 Å². The summed E-state index contributed by atoms with van der Waals surface area (Å²) in [7, 11) is 0. The minimum absolute atomic E-state index is 0.0720. The number of benzene rings is 2. The number of primary amides is 1. The van der Waals surface area contributed by atoms with E-state index in [1.165, 1.54) is 6.92 Å². The number of amides is 2. The van der Waals surface area contributed by atoms with Crippen molar-refractivity contribution in [2.24, 2.45) is 5.73 Å². The van der Waals surface area contributed by atoms with Crippen molar-refractivity contribution in [3.05, 3.63) is 74.8 Å². The third-order valence-corrected chi connectivity index (χ3v) is 5.07. The van der Waals surface area contributed by atoms with Crippen molar-refractivity contribution in [3.8, 4) is 0 Å². The molecule has 0 spiro atoms. The lowest BCUT2D eigenvalue weighted by molar-refractivity contribution is -0.384. The maximum absolute atomic E-state index is 13.2. The third kappa shape index (κ3) is 7.65. The molecular weight excluding hydrogens is 516 g/mol. The number of hydrogen-bond donors (Lipinski definition) is 2. The summed E-state index contributed by atoms with van der Waals surface area (Å²) < 4.78 is 83.9. The Balaban J connectivity index is 2.53. The van der Waals surface area contributed by atoms with Gasteiger partial charge in [0, 0.05) is 23.6 Å². The van der Waals surface area contributed by atoms with E-state index in [-0.39, 0.29) is 36.1 Å². The number of halogens is 6. The van der Waals surface area contributed by atoms with Crippen LogP contribution in [-0.4, -0.2) is 35.4 Å². The molecule has 2 aromatic carbocycles. The van der Waals surface area contributed by atoms with Crippen LogP contribution in [0, 0.1) is 10.1 Å². The monoisotopic (exact) mass is 535 g/mol. The van der Waals surface area contributed by atoms with Crippen LogP contribution in [0.2, 0.25) is 0 Å². The number of esters is 1. The molecule has 0 aromatic heterocycles. The number of hydrogen-bond acceptors (Lipinski definition) is 6. The van der Waals surface area contributed by atoms with E-state index < -0.39 is 70.1 Å². The zero-order valence-electron chi connectivity index (χ0n) is 18.9. The number of rotatable bonds is 9. The number of nitro benzene ring substituents is 1. The van der Waals surface area contributed by atoms with E-state index in [0.717, 1.165) is 24.3 Å². The first-order chi connectivity index (χ1) is 17.0. The van der Waals surface area contributed by atoms with Gasteiger partial charge >= 0.3 is 18.3 Å². The molecule has 0 heterocycles. The molecule has 2 aromatic rings. The first-order valence-corrected chi connectivity index (χ1v) is 10.3. The first kappa shape index (κ1) is 29.1. The Kier molecular flexibility index (Phi) is 8.85. The van der Waals surface area contributed by atoms with E-state index in [0.29, 0.717) is 0 Å². The topological polar surface area (TPSA) is 142 Å². The maximum Gasteiger partial charge on any atom is 0.416 e. The second kappa shape index (κ2) is 11.3. The third-order valence-electron chi connectivity index (χ3n) is 5.07. The van der Waals surface area contributed by atoms with E-state index in [2.05, 4.69) is 0 Å². The Hall–Kier alpha value is -4.17. The molecule has 15 heteroatoms. The summed E-state index contributed by atoms with van der Waals surface area (Å²) in [6.45, 7) is 1.39. The van der Waals surface area contributed by atoms with Gasteiger partial charge in [-0.25, -0.2) is 0 Å². The van der Waals surface area contributed by atoms with Gasteiger partial charge in [0.2, 0.25) is 5.91 Å². The molecule has 0 aliphatic carbocycles. The van der Waals surface area contributed by atoms with Crippen LogP contribution in [0.4, 0.5) is 32.0 Å². The second-order valence-electron chi connectivity index (χ2n) is 7.61. The van der Waals surface area contributed by atoms with Gasteiger partial charge in [0.25, 0.3) is 11.6 Å². The first-order valence-electron chi connectivity index (χ1n) is 10.3. The highest BCUT2D eigenvalue weighted by Crippen LogP contribution is 2.36. The molecule has 0 saturated carbocycles. The van der Waals surface area contributed by atoms with Crippen LogP contribution in [-0.2, 0) is 26.7 Å². The number of ether oxygens (including phenoxy) is 1. The summed E-state index contributed by atoms with van der Waals surface area (Å²) in [6, 6.07) is 2.66. The van der Waals surface area contributed by atoms with Gasteiger partial charge in [0.1, 0.15) is 6.04 Å². The number of nitrogens with two attached hydrogens (primary N) is 1. The fraction of sp³-hybridized carbons (Fsp3) is 0.318. The SMILES string of the molecule is CCOC(=O)C[C@@H](c1ccc([N+](=O)[O-])cc1)[C@H](NC(=O)c1cc(C(F)(F)F)cc(C(F)(F)F)c1)C(N)=O. The number of nitro groups is 1. The average molecular weight is 535 g/mol. The van der Waals surface area contributed by atoms with Crippen molar-refractivity contribution in [1.29, 1.82) is 0 Å². The molecule has 0 aliphatic heterocycles. The number of carbonyl (C=O) groups excluding carboxylic acids is 3. The van der Waals surface area contributed by atoms with Crippen LogP contribution in [0.5, 0.6) is 0 Å². The fourth-order valence-corrected chi connectivity index (χ4v) is 3.35. The van der Waals surface area contributed by atoms with Crippen molar-refractivity contribution < 1.29 is 50.4 Å². The van der Waals surface area contributed by atoms with E-state index >= 15 is 0 Å². The standard InChI is InChI=1S/C22H19F6N3O6/c1-2-37-17(32)10-16(11-3-5-15(6-4-11)31(35)36)18(19(29)33)30-20(34)12-7-13(21(23,24)25)9-14(8-12)22(26,27)28/h3-9,16,18H,2,10H2,1H3,(H2,29,33)(H,30,34)/t16-,18-/m0/s1. The Labute approximate surface area is 204 Å². The lowest BCUT2D eigenvalue weighted by atomic mass is 9.87. The van der Waals surface area contributed by atoms with Gasteiger partial charge in [-0.1, -0.05) is 12.1 Å². The van der Waals surface area contributed by atoms with E-state index in [9.17, 15) is 50.8 Å². The lowest BCUT2D eigenvalue weighted by Crippen LogP contribution is -2.48. The summed E-state index contributed by atoms with van der Waals surface area (Å²) in [5.74, 6) is -5.03. The van der Waals surface area contributed by atoms with Gasteiger partial charge in [-0.3, -0.25) is 24.5 Å². The molecule has 2 atom stereocenters.